The predicted octanol–water partition coefficient (Wildman–Crippen LogP) is 4.77. The fourth-order valence-electron chi connectivity index (χ4n) is 2.01. The molecule has 0 bridgehead atoms. The highest BCUT2D eigenvalue weighted by molar-refractivity contribution is 9.10. The maximum absolute atomic E-state index is 12.7. The molecule has 1 N–H and O–H groups in total. The molecule has 128 valence electrons. The first-order valence-corrected chi connectivity index (χ1v) is 7.70. The van der Waals surface area contributed by atoms with E-state index in [0.717, 1.165) is 16.6 Å². The highest BCUT2D eigenvalue weighted by Gasteiger charge is 2.30. The topological polar surface area (TPSA) is 68.0 Å². The number of halogens is 4. The molecule has 0 radical (unpaired) electrons. The Morgan fingerprint density at radius 2 is 1.84 bits per heavy atom. The van der Waals surface area contributed by atoms with E-state index < -0.39 is 17.6 Å². The van der Waals surface area contributed by atoms with Gasteiger partial charge in [0.05, 0.1) is 5.56 Å². The van der Waals surface area contributed by atoms with Crippen molar-refractivity contribution in [3.05, 3.63) is 64.5 Å². The lowest BCUT2D eigenvalue weighted by Crippen LogP contribution is -2.13. The Kier molecular flexibility index (Phi) is 4.58. The van der Waals surface area contributed by atoms with E-state index in [1.165, 1.54) is 12.1 Å². The predicted molar refractivity (Wildman–Crippen MR) is 86.8 cm³/mol. The van der Waals surface area contributed by atoms with E-state index in [9.17, 15) is 18.0 Å². The molecule has 0 aliphatic rings. The quantitative estimate of drug-likeness (QED) is 0.673. The van der Waals surface area contributed by atoms with Crippen LogP contribution in [-0.4, -0.2) is 16.1 Å². The number of aromatic nitrogens is 2. The number of benzene rings is 2. The molecule has 1 aromatic heterocycles. The van der Waals surface area contributed by atoms with E-state index in [-0.39, 0.29) is 17.5 Å². The molecule has 0 saturated carbocycles. The van der Waals surface area contributed by atoms with Crippen LogP contribution < -0.4 is 5.32 Å². The minimum atomic E-state index is -4.50. The summed E-state index contributed by atoms with van der Waals surface area (Å²) in [6, 6.07) is 11.3. The van der Waals surface area contributed by atoms with Gasteiger partial charge in [-0.25, -0.2) is 0 Å². The smallest absolute Gasteiger partial charge is 0.412 e. The van der Waals surface area contributed by atoms with Gasteiger partial charge < -0.3 is 9.73 Å². The zero-order chi connectivity index (χ0) is 18.0. The lowest BCUT2D eigenvalue weighted by atomic mass is 10.2. The molecule has 5 nitrogen and oxygen atoms in total. The Hall–Kier alpha value is -2.68. The summed E-state index contributed by atoms with van der Waals surface area (Å²) < 4.78 is 44.2. The van der Waals surface area contributed by atoms with E-state index in [1.54, 1.807) is 24.3 Å². The minimum absolute atomic E-state index is 0.0259. The van der Waals surface area contributed by atoms with E-state index in [1.807, 2.05) is 0 Å². The average molecular weight is 412 g/mol. The van der Waals surface area contributed by atoms with E-state index >= 15 is 0 Å². The second-order valence-electron chi connectivity index (χ2n) is 4.96. The molecular weight excluding hydrogens is 403 g/mol. The van der Waals surface area contributed by atoms with Crippen molar-refractivity contribution in [2.75, 3.05) is 5.32 Å². The van der Waals surface area contributed by atoms with Gasteiger partial charge >= 0.3 is 18.0 Å². The highest BCUT2D eigenvalue weighted by atomic mass is 79.9. The fourth-order valence-corrected chi connectivity index (χ4v) is 2.41. The second kappa shape index (κ2) is 6.67. The third-order valence-electron chi connectivity index (χ3n) is 3.14. The van der Waals surface area contributed by atoms with Gasteiger partial charge in [0.25, 0.3) is 0 Å². The van der Waals surface area contributed by atoms with Crippen LogP contribution >= 0.6 is 15.9 Å². The molecule has 3 aromatic rings. The number of alkyl halides is 3. The number of nitrogens with zero attached hydrogens (tertiary/aromatic N) is 2. The fraction of sp³-hybridized carbons (Fsp3) is 0.0625. The van der Waals surface area contributed by atoms with Gasteiger partial charge in [0.1, 0.15) is 0 Å². The molecule has 0 saturated heterocycles. The van der Waals surface area contributed by atoms with Crippen molar-refractivity contribution in [3.63, 3.8) is 0 Å². The van der Waals surface area contributed by atoms with Crippen LogP contribution in [0.4, 0.5) is 18.9 Å². The largest absolute Gasteiger partial charge is 0.416 e. The molecule has 0 atom stereocenters. The van der Waals surface area contributed by atoms with Crippen LogP contribution in [0.25, 0.3) is 11.5 Å². The van der Waals surface area contributed by atoms with Crippen molar-refractivity contribution >= 4 is 27.5 Å². The lowest BCUT2D eigenvalue weighted by Gasteiger charge is -2.08. The summed E-state index contributed by atoms with van der Waals surface area (Å²) in [4.78, 5) is 12.1. The molecule has 0 aliphatic heterocycles. The first-order valence-electron chi connectivity index (χ1n) is 6.91. The van der Waals surface area contributed by atoms with E-state index in [4.69, 9.17) is 4.42 Å². The summed E-state index contributed by atoms with van der Waals surface area (Å²) in [5.41, 5.74) is -0.298. The molecule has 1 heterocycles. The maximum atomic E-state index is 12.7. The number of nitrogens with one attached hydrogen (secondary N) is 1. The third kappa shape index (κ3) is 4.05. The number of anilines is 1. The standard InChI is InChI=1S/C16H9BrF3N3O2/c17-11-5-1-3-9(7-11)14-22-23-15(25-14)13(24)21-12-6-2-4-10(8-12)16(18,19)20/h1-8H,(H,21,24). The van der Waals surface area contributed by atoms with Gasteiger partial charge in [0, 0.05) is 15.7 Å². The van der Waals surface area contributed by atoms with Gasteiger partial charge in [-0.3, -0.25) is 4.79 Å². The van der Waals surface area contributed by atoms with E-state index in [2.05, 4.69) is 31.4 Å². The lowest BCUT2D eigenvalue weighted by molar-refractivity contribution is -0.137. The molecule has 0 unspecified atom stereocenters. The summed E-state index contributed by atoms with van der Waals surface area (Å²) in [5, 5.41) is 9.69. The normalized spacial score (nSPS) is 11.4. The molecule has 0 spiro atoms. The molecule has 0 aliphatic carbocycles. The van der Waals surface area contributed by atoms with E-state index in [0.29, 0.717) is 5.56 Å². The summed E-state index contributed by atoms with van der Waals surface area (Å²) in [6.45, 7) is 0. The number of carbonyl (C=O) groups excluding carboxylic acids is 1. The van der Waals surface area contributed by atoms with Crippen molar-refractivity contribution in [2.24, 2.45) is 0 Å². The Morgan fingerprint density at radius 3 is 2.56 bits per heavy atom. The van der Waals surface area contributed by atoms with Gasteiger partial charge in [-0.2, -0.15) is 13.2 Å². The summed E-state index contributed by atoms with van der Waals surface area (Å²) >= 11 is 3.30. The van der Waals surface area contributed by atoms with Crippen LogP contribution in [0, 0.1) is 0 Å². The summed E-state index contributed by atoms with van der Waals surface area (Å²) in [6.07, 6.45) is -4.50. The van der Waals surface area contributed by atoms with Crippen LogP contribution in [0.5, 0.6) is 0 Å². The van der Waals surface area contributed by atoms with Gasteiger partial charge in [-0.1, -0.05) is 28.1 Å². The molecule has 1 amide bonds. The number of carbonyl (C=O) groups is 1. The first kappa shape index (κ1) is 17.2. The second-order valence-corrected chi connectivity index (χ2v) is 5.87. The molecule has 3 rings (SSSR count). The van der Waals surface area contributed by atoms with Crippen LogP contribution in [-0.2, 0) is 6.18 Å². The summed E-state index contributed by atoms with van der Waals surface area (Å²) in [7, 11) is 0. The number of rotatable bonds is 3. The van der Waals surface area contributed by atoms with Crippen LogP contribution in [0.1, 0.15) is 16.2 Å². The van der Waals surface area contributed by atoms with Gasteiger partial charge in [0.2, 0.25) is 5.89 Å². The SMILES string of the molecule is O=C(Nc1cccc(C(F)(F)F)c1)c1nnc(-c2cccc(Br)c2)o1. The van der Waals surface area contributed by atoms with Gasteiger partial charge in [0.15, 0.2) is 0 Å². The van der Waals surface area contributed by atoms with Gasteiger partial charge in [-0.05, 0) is 36.4 Å². The molecule has 2 aromatic carbocycles. The van der Waals surface area contributed by atoms with Crippen molar-refractivity contribution in [1.82, 2.24) is 10.2 Å². The van der Waals surface area contributed by atoms with Crippen molar-refractivity contribution < 1.29 is 22.4 Å². The monoisotopic (exact) mass is 411 g/mol. The zero-order valence-electron chi connectivity index (χ0n) is 12.3. The van der Waals surface area contributed by atoms with Crippen LogP contribution in [0.3, 0.4) is 0 Å². The molecule has 9 heteroatoms. The van der Waals surface area contributed by atoms with Crippen molar-refractivity contribution in [3.8, 4) is 11.5 Å². The van der Waals surface area contributed by atoms with Crippen molar-refractivity contribution in [1.29, 1.82) is 0 Å². The van der Waals surface area contributed by atoms with Gasteiger partial charge in [-0.15, -0.1) is 10.2 Å². The third-order valence-corrected chi connectivity index (χ3v) is 3.63. The molecular formula is C16H9BrF3N3O2. The maximum Gasteiger partial charge on any atom is 0.416 e. The number of amides is 1. The highest BCUT2D eigenvalue weighted by Crippen LogP contribution is 2.30. The van der Waals surface area contributed by atoms with Crippen LogP contribution in [0.15, 0.2) is 57.4 Å². The number of hydrogen-bond donors (Lipinski definition) is 1. The average Bonchev–Trinajstić information content (AvgIpc) is 3.04. The Bertz CT molecular complexity index is 925. The minimum Gasteiger partial charge on any atom is -0.412 e. The summed E-state index contributed by atoms with van der Waals surface area (Å²) in [5.74, 6) is -1.03. The van der Waals surface area contributed by atoms with Crippen molar-refractivity contribution in [2.45, 2.75) is 6.18 Å². The van der Waals surface area contributed by atoms with Crippen LogP contribution in [0.2, 0.25) is 0 Å². The molecule has 25 heavy (non-hydrogen) atoms. The Balaban J connectivity index is 1.79. The first-order chi connectivity index (χ1) is 11.8. The zero-order valence-corrected chi connectivity index (χ0v) is 13.9. The Morgan fingerprint density at radius 1 is 1.08 bits per heavy atom. The number of hydrogen-bond acceptors (Lipinski definition) is 4. The molecule has 0 fully saturated rings. The Labute approximate surface area is 148 Å².